The predicted molar refractivity (Wildman–Crippen MR) is 100 cm³/mol. The number of aromatic nitrogens is 1. The molecular weight excluding hydrogens is 368 g/mol. The molecular formula is C18H24N4O4S. The van der Waals surface area contributed by atoms with Gasteiger partial charge in [0.25, 0.3) is 0 Å². The summed E-state index contributed by atoms with van der Waals surface area (Å²) < 4.78 is 32.3. The Kier molecular flexibility index (Phi) is 4.92. The predicted octanol–water partition coefficient (Wildman–Crippen LogP) is 0.942. The molecule has 1 amide bonds. The summed E-state index contributed by atoms with van der Waals surface area (Å²) in [6, 6.07) is 7.34. The number of amides is 1. The van der Waals surface area contributed by atoms with E-state index >= 15 is 0 Å². The minimum Gasteiger partial charge on any atom is -0.356 e. The lowest BCUT2D eigenvalue weighted by Gasteiger charge is -2.36. The highest BCUT2D eigenvalue weighted by Gasteiger charge is 2.33. The van der Waals surface area contributed by atoms with E-state index in [0.29, 0.717) is 43.5 Å². The molecule has 2 aromatic rings. The van der Waals surface area contributed by atoms with Crippen molar-refractivity contribution in [2.75, 3.05) is 26.2 Å². The third kappa shape index (κ3) is 3.99. The van der Waals surface area contributed by atoms with Gasteiger partial charge in [-0.25, -0.2) is 8.42 Å². The summed E-state index contributed by atoms with van der Waals surface area (Å²) in [5.41, 5.74) is 1.02. The Balaban J connectivity index is 1.37. The van der Waals surface area contributed by atoms with Crippen LogP contribution in [0.1, 0.15) is 25.5 Å². The molecule has 1 N–H and O–H groups in total. The van der Waals surface area contributed by atoms with E-state index < -0.39 is 10.0 Å². The zero-order valence-electron chi connectivity index (χ0n) is 15.3. The van der Waals surface area contributed by atoms with Crippen LogP contribution in [0, 0.1) is 0 Å². The van der Waals surface area contributed by atoms with Gasteiger partial charge in [-0.05, 0) is 31.9 Å². The van der Waals surface area contributed by atoms with E-state index in [4.69, 9.17) is 4.52 Å². The molecule has 1 aromatic carbocycles. The molecule has 0 bridgehead atoms. The molecule has 1 aliphatic carbocycles. The van der Waals surface area contributed by atoms with Crippen LogP contribution in [0.2, 0.25) is 0 Å². The summed E-state index contributed by atoms with van der Waals surface area (Å²) in [6.45, 7) is 3.71. The Bertz CT molecular complexity index is 930. The summed E-state index contributed by atoms with van der Waals surface area (Å²) in [5, 5.41) is 7.67. The molecule has 2 fully saturated rings. The smallest absolute Gasteiger partial charge is 0.237 e. The molecule has 1 saturated carbocycles. The first kappa shape index (κ1) is 18.4. The second-order valence-electron chi connectivity index (χ2n) is 7.28. The zero-order chi connectivity index (χ0) is 19.0. The number of para-hydroxylation sites is 1. The summed E-state index contributed by atoms with van der Waals surface area (Å²) >= 11 is 0. The van der Waals surface area contributed by atoms with Crippen molar-refractivity contribution in [2.45, 2.75) is 37.6 Å². The summed E-state index contributed by atoms with van der Waals surface area (Å²) in [6.07, 6.45) is 2.11. The van der Waals surface area contributed by atoms with Gasteiger partial charge in [0, 0.05) is 37.6 Å². The van der Waals surface area contributed by atoms with Crippen LogP contribution >= 0.6 is 0 Å². The molecule has 0 spiro atoms. The molecule has 146 valence electrons. The fraction of sp³-hybridized carbons (Fsp3) is 0.556. The van der Waals surface area contributed by atoms with E-state index in [1.54, 1.807) is 6.07 Å². The van der Waals surface area contributed by atoms with Crippen molar-refractivity contribution in [3.63, 3.8) is 0 Å². The van der Waals surface area contributed by atoms with Crippen molar-refractivity contribution in [3.8, 4) is 0 Å². The molecule has 1 saturated heterocycles. The quantitative estimate of drug-likeness (QED) is 0.786. The standard InChI is InChI=1S/C18H24N4O4S/c1-13(18(23)19-14-6-7-14)21-8-10-22(11-9-21)27(24,25)12-16-15-4-2-3-5-17(15)26-20-16/h2-5,13-14H,6-12H2,1H3,(H,19,23). The first-order valence-corrected chi connectivity index (χ1v) is 10.9. The normalized spacial score (nSPS) is 20.6. The van der Waals surface area contributed by atoms with Crippen molar-refractivity contribution in [2.24, 2.45) is 0 Å². The van der Waals surface area contributed by atoms with Crippen LogP contribution < -0.4 is 5.32 Å². The monoisotopic (exact) mass is 392 g/mol. The van der Waals surface area contributed by atoms with Crippen molar-refractivity contribution >= 4 is 26.9 Å². The fourth-order valence-corrected chi connectivity index (χ4v) is 4.85. The Labute approximate surface area is 158 Å². The minimum atomic E-state index is -3.49. The molecule has 4 rings (SSSR count). The SMILES string of the molecule is CC(C(=O)NC1CC1)N1CCN(S(=O)(=O)Cc2noc3ccccc23)CC1. The number of sulfonamides is 1. The number of fused-ring (bicyclic) bond motifs is 1. The molecule has 1 aliphatic heterocycles. The second kappa shape index (κ2) is 7.21. The van der Waals surface area contributed by atoms with Gasteiger partial charge in [-0.3, -0.25) is 9.69 Å². The highest BCUT2D eigenvalue weighted by Crippen LogP contribution is 2.22. The number of carbonyl (C=O) groups is 1. The Morgan fingerprint density at radius 1 is 1.26 bits per heavy atom. The molecule has 2 aliphatic rings. The van der Waals surface area contributed by atoms with Crippen LogP contribution in [0.25, 0.3) is 11.0 Å². The lowest BCUT2D eigenvalue weighted by atomic mass is 10.2. The van der Waals surface area contributed by atoms with Gasteiger partial charge in [0.2, 0.25) is 15.9 Å². The Morgan fingerprint density at radius 3 is 2.67 bits per heavy atom. The maximum Gasteiger partial charge on any atom is 0.237 e. The summed E-state index contributed by atoms with van der Waals surface area (Å²) in [4.78, 5) is 14.2. The first-order valence-electron chi connectivity index (χ1n) is 9.29. The molecule has 1 unspecified atom stereocenters. The minimum absolute atomic E-state index is 0.0304. The van der Waals surface area contributed by atoms with Gasteiger partial charge in [-0.15, -0.1) is 0 Å². The molecule has 0 radical (unpaired) electrons. The van der Waals surface area contributed by atoms with Crippen LogP contribution in [-0.4, -0.2) is 66.9 Å². The van der Waals surface area contributed by atoms with E-state index in [0.717, 1.165) is 18.2 Å². The molecule has 27 heavy (non-hydrogen) atoms. The largest absolute Gasteiger partial charge is 0.356 e. The van der Waals surface area contributed by atoms with Gasteiger partial charge >= 0.3 is 0 Å². The molecule has 1 aromatic heterocycles. The van der Waals surface area contributed by atoms with Gasteiger partial charge in [0.05, 0.1) is 6.04 Å². The number of nitrogens with zero attached hydrogens (tertiary/aromatic N) is 3. The average Bonchev–Trinajstić information content (AvgIpc) is 3.40. The molecule has 1 atom stereocenters. The fourth-order valence-electron chi connectivity index (χ4n) is 3.39. The van der Waals surface area contributed by atoms with E-state index in [-0.39, 0.29) is 17.7 Å². The van der Waals surface area contributed by atoms with Crippen LogP contribution in [0.5, 0.6) is 0 Å². The number of hydrogen-bond donors (Lipinski definition) is 1. The lowest BCUT2D eigenvalue weighted by molar-refractivity contribution is -0.126. The average molecular weight is 392 g/mol. The zero-order valence-corrected chi connectivity index (χ0v) is 16.1. The van der Waals surface area contributed by atoms with Crippen LogP contribution in [0.3, 0.4) is 0 Å². The second-order valence-corrected chi connectivity index (χ2v) is 9.24. The summed E-state index contributed by atoms with van der Waals surface area (Å²) in [5.74, 6) is -0.148. The van der Waals surface area contributed by atoms with Gasteiger partial charge in [0.15, 0.2) is 5.58 Å². The van der Waals surface area contributed by atoms with Gasteiger partial charge in [-0.2, -0.15) is 4.31 Å². The number of carbonyl (C=O) groups excluding carboxylic acids is 1. The van der Waals surface area contributed by atoms with Crippen molar-refractivity contribution in [1.29, 1.82) is 0 Å². The van der Waals surface area contributed by atoms with Crippen molar-refractivity contribution < 1.29 is 17.7 Å². The van der Waals surface area contributed by atoms with Gasteiger partial charge in [0.1, 0.15) is 11.4 Å². The number of rotatable bonds is 6. The molecule has 8 nitrogen and oxygen atoms in total. The van der Waals surface area contributed by atoms with Crippen molar-refractivity contribution in [1.82, 2.24) is 19.7 Å². The van der Waals surface area contributed by atoms with E-state index in [9.17, 15) is 13.2 Å². The van der Waals surface area contributed by atoms with Gasteiger partial charge < -0.3 is 9.84 Å². The van der Waals surface area contributed by atoms with E-state index in [1.165, 1.54) is 4.31 Å². The number of benzene rings is 1. The van der Waals surface area contributed by atoms with Gasteiger partial charge in [-0.1, -0.05) is 17.3 Å². The third-order valence-electron chi connectivity index (χ3n) is 5.29. The highest BCUT2D eigenvalue weighted by molar-refractivity contribution is 7.88. The van der Waals surface area contributed by atoms with E-state index in [2.05, 4.69) is 10.5 Å². The maximum absolute atomic E-state index is 12.8. The number of piperazine rings is 1. The van der Waals surface area contributed by atoms with E-state index in [1.807, 2.05) is 30.0 Å². The van der Waals surface area contributed by atoms with Crippen LogP contribution in [0.15, 0.2) is 28.8 Å². The summed E-state index contributed by atoms with van der Waals surface area (Å²) in [7, 11) is -3.49. The lowest BCUT2D eigenvalue weighted by Crippen LogP contribution is -2.55. The topological polar surface area (TPSA) is 95.8 Å². The Morgan fingerprint density at radius 2 is 1.96 bits per heavy atom. The third-order valence-corrected chi connectivity index (χ3v) is 7.08. The maximum atomic E-state index is 12.8. The number of hydrogen-bond acceptors (Lipinski definition) is 6. The Hall–Kier alpha value is -1.97. The molecule has 9 heteroatoms. The first-order chi connectivity index (χ1) is 12.9. The molecule has 2 heterocycles. The van der Waals surface area contributed by atoms with Crippen molar-refractivity contribution in [3.05, 3.63) is 30.0 Å². The van der Waals surface area contributed by atoms with Crippen LogP contribution in [-0.2, 0) is 20.6 Å². The van der Waals surface area contributed by atoms with Crippen LogP contribution in [0.4, 0.5) is 0 Å². The highest BCUT2D eigenvalue weighted by atomic mass is 32.2. The number of nitrogens with one attached hydrogen (secondary N) is 1.